The highest BCUT2D eigenvalue weighted by Crippen LogP contribution is 2.31. The minimum atomic E-state index is -3.55. The maximum absolute atomic E-state index is 12.7. The molecule has 1 aromatic heterocycles. The van der Waals surface area contributed by atoms with E-state index >= 15 is 0 Å². The average Bonchev–Trinajstić information content (AvgIpc) is 2.09. The van der Waals surface area contributed by atoms with E-state index in [0.717, 1.165) is 12.3 Å². The van der Waals surface area contributed by atoms with Crippen LogP contribution >= 0.6 is 23.2 Å². The van der Waals surface area contributed by atoms with Gasteiger partial charge in [-0.3, -0.25) is 0 Å². The molecular weight excluding hydrogens is 226 g/mol. The van der Waals surface area contributed by atoms with Gasteiger partial charge in [0.15, 0.2) is 6.67 Å². The minimum absolute atomic E-state index is 0.0833. The number of pyridine rings is 1. The molecule has 72 valence electrons. The summed E-state index contributed by atoms with van der Waals surface area (Å²) in [7, 11) is 0. The van der Waals surface area contributed by atoms with Gasteiger partial charge in [0, 0.05) is 11.8 Å². The van der Waals surface area contributed by atoms with Crippen LogP contribution in [0.3, 0.4) is 0 Å². The van der Waals surface area contributed by atoms with Crippen LogP contribution in [0.5, 0.6) is 0 Å². The average molecular weight is 230 g/mol. The second-order valence-corrected chi connectivity index (χ2v) is 3.10. The van der Waals surface area contributed by atoms with Crippen molar-refractivity contribution >= 4 is 23.2 Å². The summed E-state index contributed by atoms with van der Waals surface area (Å²) in [6, 6.07) is 0.899. The van der Waals surface area contributed by atoms with Crippen LogP contribution < -0.4 is 0 Å². The van der Waals surface area contributed by atoms with Gasteiger partial charge in [-0.1, -0.05) is 23.2 Å². The molecule has 0 amide bonds. The summed E-state index contributed by atoms with van der Waals surface area (Å²) in [5, 5.41) is -0.202. The summed E-state index contributed by atoms with van der Waals surface area (Å²) in [6.07, 6.45) is 0.799. The number of hydrogen-bond donors (Lipinski definition) is 0. The molecule has 0 fully saturated rings. The molecule has 0 atom stereocenters. The molecule has 0 saturated carbocycles. The summed E-state index contributed by atoms with van der Waals surface area (Å²) < 4.78 is 37.2. The standard InChI is InChI=1S/C7H4Cl2F3N/c8-5-1-4(2-13-6(5)9)7(11,12)3-10/h1-2H,3H2. The summed E-state index contributed by atoms with van der Waals surface area (Å²) >= 11 is 10.8. The zero-order valence-corrected chi connectivity index (χ0v) is 7.71. The number of rotatable bonds is 2. The first kappa shape index (κ1) is 10.6. The maximum atomic E-state index is 12.7. The summed E-state index contributed by atoms with van der Waals surface area (Å²) in [5.74, 6) is -3.55. The highest BCUT2D eigenvalue weighted by atomic mass is 35.5. The van der Waals surface area contributed by atoms with E-state index in [2.05, 4.69) is 4.98 Å². The highest BCUT2D eigenvalue weighted by Gasteiger charge is 2.32. The largest absolute Gasteiger partial charge is 0.302 e. The van der Waals surface area contributed by atoms with Crippen LogP contribution in [0.2, 0.25) is 10.2 Å². The van der Waals surface area contributed by atoms with Crippen LogP contribution in [0.15, 0.2) is 12.3 Å². The first-order chi connectivity index (χ1) is 5.97. The van der Waals surface area contributed by atoms with Crippen molar-refractivity contribution < 1.29 is 13.2 Å². The monoisotopic (exact) mass is 229 g/mol. The quantitative estimate of drug-likeness (QED) is 0.709. The minimum Gasteiger partial charge on any atom is -0.244 e. The molecule has 13 heavy (non-hydrogen) atoms. The van der Waals surface area contributed by atoms with E-state index < -0.39 is 18.2 Å². The van der Waals surface area contributed by atoms with Gasteiger partial charge < -0.3 is 0 Å². The first-order valence-corrected chi connectivity index (χ1v) is 3.98. The fourth-order valence-electron chi connectivity index (χ4n) is 0.698. The Morgan fingerprint density at radius 1 is 1.38 bits per heavy atom. The Bertz CT molecular complexity index is 317. The highest BCUT2D eigenvalue weighted by molar-refractivity contribution is 6.41. The molecule has 1 nitrogen and oxygen atoms in total. The lowest BCUT2D eigenvalue weighted by atomic mass is 10.2. The molecule has 0 radical (unpaired) electrons. The molecule has 0 aliphatic heterocycles. The fraction of sp³-hybridized carbons (Fsp3) is 0.286. The Balaban J connectivity index is 3.10. The lowest BCUT2D eigenvalue weighted by molar-refractivity contribution is -0.0283. The van der Waals surface area contributed by atoms with Crippen molar-refractivity contribution in [3.8, 4) is 0 Å². The Morgan fingerprint density at radius 2 is 2.00 bits per heavy atom. The summed E-state index contributed by atoms with van der Waals surface area (Å²) in [5.41, 5.74) is -0.579. The smallest absolute Gasteiger partial charge is 0.244 e. The molecule has 1 heterocycles. The fourth-order valence-corrected chi connectivity index (χ4v) is 0.968. The third-order valence-corrected chi connectivity index (χ3v) is 2.07. The van der Waals surface area contributed by atoms with Crippen molar-refractivity contribution in [3.63, 3.8) is 0 Å². The molecule has 0 N–H and O–H groups in total. The van der Waals surface area contributed by atoms with Crippen molar-refractivity contribution in [2.45, 2.75) is 5.92 Å². The molecule has 0 aliphatic carbocycles. The zero-order valence-electron chi connectivity index (χ0n) is 6.20. The second kappa shape index (κ2) is 3.72. The topological polar surface area (TPSA) is 12.9 Å². The molecular formula is C7H4Cl2F3N. The Morgan fingerprint density at radius 3 is 2.46 bits per heavy atom. The predicted molar refractivity (Wildman–Crippen MR) is 44.1 cm³/mol. The van der Waals surface area contributed by atoms with E-state index in [-0.39, 0.29) is 10.2 Å². The van der Waals surface area contributed by atoms with E-state index in [1.165, 1.54) is 0 Å². The van der Waals surface area contributed by atoms with Crippen LogP contribution in [0.25, 0.3) is 0 Å². The van der Waals surface area contributed by atoms with Gasteiger partial charge in [0.25, 0.3) is 0 Å². The molecule has 0 spiro atoms. The molecule has 0 aliphatic rings. The van der Waals surface area contributed by atoms with Gasteiger partial charge in [0.2, 0.25) is 0 Å². The zero-order chi connectivity index (χ0) is 10.1. The van der Waals surface area contributed by atoms with E-state index in [9.17, 15) is 13.2 Å². The summed E-state index contributed by atoms with van der Waals surface area (Å²) in [4.78, 5) is 3.38. The van der Waals surface area contributed by atoms with E-state index in [0.29, 0.717) is 0 Å². The van der Waals surface area contributed by atoms with Crippen LogP contribution in [-0.4, -0.2) is 11.7 Å². The number of hydrogen-bond acceptors (Lipinski definition) is 1. The Hall–Kier alpha value is -0.480. The van der Waals surface area contributed by atoms with Gasteiger partial charge in [-0.2, -0.15) is 8.78 Å². The van der Waals surface area contributed by atoms with Gasteiger partial charge in [-0.25, -0.2) is 9.37 Å². The number of alkyl halides is 3. The van der Waals surface area contributed by atoms with Crippen LogP contribution in [0.4, 0.5) is 13.2 Å². The SMILES string of the molecule is FCC(F)(F)c1cnc(Cl)c(Cl)c1. The number of halogens is 5. The Kier molecular flexibility index (Phi) is 3.03. The van der Waals surface area contributed by atoms with Crippen molar-refractivity contribution in [3.05, 3.63) is 28.0 Å². The molecule has 0 aromatic carbocycles. The van der Waals surface area contributed by atoms with Crippen molar-refractivity contribution in [1.82, 2.24) is 4.98 Å². The number of aromatic nitrogens is 1. The van der Waals surface area contributed by atoms with Crippen molar-refractivity contribution in [2.75, 3.05) is 6.67 Å². The van der Waals surface area contributed by atoms with Gasteiger partial charge in [0.05, 0.1) is 5.02 Å². The predicted octanol–water partition coefficient (Wildman–Crippen LogP) is 3.45. The Labute approximate surface area is 82.5 Å². The number of nitrogens with zero attached hydrogens (tertiary/aromatic N) is 1. The van der Waals surface area contributed by atoms with Crippen LogP contribution in [0.1, 0.15) is 5.56 Å². The van der Waals surface area contributed by atoms with Gasteiger partial charge in [0.1, 0.15) is 5.15 Å². The molecule has 1 rings (SSSR count). The maximum Gasteiger partial charge on any atom is 0.302 e. The van der Waals surface area contributed by atoms with Crippen molar-refractivity contribution in [2.24, 2.45) is 0 Å². The molecule has 0 unspecified atom stereocenters. The first-order valence-electron chi connectivity index (χ1n) is 3.22. The van der Waals surface area contributed by atoms with E-state index in [4.69, 9.17) is 23.2 Å². The normalized spacial score (nSPS) is 11.8. The third kappa shape index (κ3) is 2.25. The third-order valence-electron chi connectivity index (χ3n) is 1.39. The molecule has 0 bridgehead atoms. The molecule has 6 heteroatoms. The van der Waals surface area contributed by atoms with Crippen molar-refractivity contribution in [1.29, 1.82) is 0 Å². The molecule has 0 saturated heterocycles. The van der Waals surface area contributed by atoms with E-state index in [1.54, 1.807) is 0 Å². The molecule has 1 aromatic rings. The summed E-state index contributed by atoms with van der Waals surface area (Å²) in [6.45, 7) is -1.79. The lowest BCUT2D eigenvalue weighted by Crippen LogP contribution is -2.16. The second-order valence-electron chi connectivity index (χ2n) is 2.33. The van der Waals surface area contributed by atoms with Gasteiger partial charge in [-0.05, 0) is 6.07 Å². The van der Waals surface area contributed by atoms with Crippen LogP contribution in [-0.2, 0) is 5.92 Å². The van der Waals surface area contributed by atoms with Gasteiger partial charge in [-0.15, -0.1) is 0 Å². The van der Waals surface area contributed by atoms with Gasteiger partial charge >= 0.3 is 5.92 Å². The lowest BCUT2D eigenvalue weighted by Gasteiger charge is -2.11. The van der Waals surface area contributed by atoms with E-state index in [1.807, 2.05) is 0 Å². The van der Waals surface area contributed by atoms with Crippen LogP contribution in [0, 0.1) is 0 Å².